The molecule has 94 valence electrons. The van der Waals surface area contributed by atoms with Crippen LogP contribution in [0.5, 0.6) is 0 Å². The summed E-state index contributed by atoms with van der Waals surface area (Å²) in [6.45, 7) is 10.5. The average molecular weight is 226 g/mol. The molecule has 1 amide bonds. The summed E-state index contributed by atoms with van der Waals surface area (Å²) in [6.07, 6.45) is 1.94. The van der Waals surface area contributed by atoms with Crippen molar-refractivity contribution in [2.75, 3.05) is 20.1 Å². The van der Waals surface area contributed by atoms with Crippen molar-refractivity contribution in [3.63, 3.8) is 0 Å². The van der Waals surface area contributed by atoms with Crippen molar-refractivity contribution in [2.24, 2.45) is 11.3 Å². The number of hydrogen-bond acceptors (Lipinski definition) is 2. The molecule has 1 N–H and O–H groups in total. The Hall–Kier alpha value is -0.570. The van der Waals surface area contributed by atoms with Crippen molar-refractivity contribution in [2.45, 2.75) is 46.6 Å². The Balaban J connectivity index is 2.53. The molecule has 0 aromatic rings. The van der Waals surface area contributed by atoms with Crippen LogP contribution in [0.2, 0.25) is 0 Å². The number of nitrogens with one attached hydrogen (secondary N) is 1. The Kier molecular flexibility index (Phi) is 4.36. The molecule has 1 rings (SSSR count). The van der Waals surface area contributed by atoms with Crippen molar-refractivity contribution in [1.29, 1.82) is 0 Å². The molecule has 1 aliphatic rings. The zero-order chi connectivity index (χ0) is 12.3. The third-order valence-electron chi connectivity index (χ3n) is 4.00. The van der Waals surface area contributed by atoms with Gasteiger partial charge in [0.1, 0.15) is 0 Å². The minimum absolute atomic E-state index is 0.157. The summed E-state index contributed by atoms with van der Waals surface area (Å²) in [5, 5.41) is 3.15. The van der Waals surface area contributed by atoms with Crippen LogP contribution in [0.1, 0.15) is 40.5 Å². The van der Waals surface area contributed by atoms with Crippen LogP contribution in [0.25, 0.3) is 0 Å². The summed E-state index contributed by atoms with van der Waals surface area (Å²) in [7, 11) is 2.12. The van der Waals surface area contributed by atoms with Crippen molar-refractivity contribution in [3.05, 3.63) is 0 Å². The van der Waals surface area contributed by atoms with Crippen LogP contribution in [-0.4, -0.2) is 37.0 Å². The summed E-state index contributed by atoms with van der Waals surface area (Å²) in [4.78, 5) is 14.5. The maximum absolute atomic E-state index is 12.2. The zero-order valence-electron chi connectivity index (χ0n) is 11.3. The first-order valence-corrected chi connectivity index (χ1v) is 6.34. The summed E-state index contributed by atoms with van der Waals surface area (Å²) in [5.41, 5.74) is -0.157. The second-order valence-electron chi connectivity index (χ2n) is 5.87. The number of carbonyl (C=O) groups is 1. The van der Waals surface area contributed by atoms with E-state index in [9.17, 15) is 4.79 Å². The SMILES string of the molecule is CC(C)C(C)NC(=O)C1(C)CCN(C)CC1. The number of carbonyl (C=O) groups excluding carboxylic acids is 1. The lowest BCUT2D eigenvalue weighted by molar-refractivity contribution is -0.133. The van der Waals surface area contributed by atoms with E-state index >= 15 is 0 Å². The smallest absolute Gasteiger partial charge is 0.226 e. The Morgan fingerprint density at radius 2 is 1.75 bits per heavy atom. The van der Waals surface area contributed by atoms with Gasteiger partial charge in [-0.2, -0.15) is 0 Å². The largest absolute Gasteiger partial charge is 0.353 e. The second-order valence-corrected chi connectivity index (χ2v) is 5.87. The molecule has 3 nitrogen and oxygen atoms in total. The van der Waals surface area contributed by atoms with Crippen LogP contribution in [-0.2, 0) is 4.79 Å². The number of likely N-dealkylation sites (tertiary alicyclic amines) is 1. The molecule has 0 radical (unpaired) electrons. The van der Waals surface area contributed by atoms with Gasteiger partial charge in [-0.3, -0.25) is 4.79 Å². The molecule has 0 saturated carbocycles. The highest BCUT2D eigenvalue weighted by Crippen LogP contribution is 2.30. The van der Waals surface area contributed by atoms with E-state index in [-0.39, 0.29) is 17.4 Å². The molecular formula is C13H26N2O. The highest BCUT2D eigenvalue weighted by molar-refractivity contribution is 5.82. The summed E-state index contributed by atoms with van der Waals surface area (Å²) in [5.74, 6) is 0.737. The van der Waals surface area contributed by atoms with Crippen molar-refractivity contribution in [3.8, 4) is 0 Å². The van der Waals surface area contributed by atoms with Gasteiger partial charge in [0.25, 0.3) is 0 Å². The van der Waals surface area contributed by atoms with Crippen molar-refractivity contribution in [1.82, 2.24) is 10.2 Å². The van der Waals surface area contributed by atoms with Crippen molar-refractivity contribution < 1.29 is 4.79 Å². The molecular weight excluding hydrogens is 200 g/mol. The molecule has 1 unspecified atom stereocenters. The Morgan fingerprint density at radius 3 is 2.19 bits per heavy atom. The van der Waals surface area contributed by atoms with Gasteiger partial charge in [-0.15, -0.1) is 0 Å². The van der Waals surface area contributed by atoms with Crippen LogP contribution in [0.15, 0.2) is 0 Å². The zero-order valence-corrected chi connectivity index (χ0v) is 11.3. The Bertz CT molecular complexity index is 242. The highest BCUT2D eigenvalue weighted by Gasteiger charge is 2.36. The Labute approximate surface area is 99.6 Å². The molecule has 1 atom stereocenters. The quantitative estimate of drug-likeness (QED) is 0.797. The van der Waals surface area contributed by atoms with Crippen LogP contribution in [0, 0.1) is 11.3 Å². The lowest BCUT2D eigenvalue weighted by Crippen LogP contribution is -2.49. The van der Waals surface area contributed by atoms with Crippen LogP contribution >= 0.6 is 0 Å². The lowest BCUT2D eigenvalue weighted by atomic mass is 9.79. The molecule has 16 heavy (non-hydrogen) atoms. The number of piperidine rings is 1. The first-order chi connectivity index (χ1) is 7.35. The van der Waals surface area contributed by atoms with Crippen molar-refractivity contribution >= 4 is 5.91 Å². The third-order valence-corrected chi connectivity index (χ3v) is 4.00. The molecule has 0 aliphatic carbocycles. The number of nitrogens with zero attached hydrogens (tertiary/aromatic N) is 1. The second kappa shape index (κ2) is 5.17. The van der Waals surface area contributed by atoms with Gasteiger partial charge in [-0.05, 0) is 45.8 Å². The minimum Gasteiger partial charge on any atom is -0.353 e. The number of hydrogen-bond donors (Lipinski definition) is 1. The maximum atomic E-state index is 12.2. The molecule has 1 heterocycles. The van der Waals surface area contributed by atoms with E-state index in [4.69, 9.17) is 0 Å². The molecule has 1 saturated heterocycles. The first-order valence-electron chi connectivity index (χ1n) is 6.34. The fourth-order valence-corrected chi connectivity index (χ4v) is 1.89. The molecule has 3 heteroatoms. The fraction of sp³-hybridized carbons (Fsp3) is 0.923. The van der Waals surface area contributed by atoms with Gasteiger partial charge in [0.15, 0.2) is 0 Å². The number of amides is 1. The maximum Gasteiger partial charge on any atom is 0.226 e. The van der Waals surface area contributed by atoms with Gasteiger partial charge < -0.3 is 10.2 Å². The van der Waals surface area contributed by atoms with E-state index in [2.05, 4.69) is 45.0 Å². The third kappa shape index (κ3) is 3.21. The van der Waals surface area contributed by atoms with Gasteiger partial charge in [-0.25, -0.2) is 0 Å². The van der Waals surface area contributed by atoms with Gasteiger partial charge >= 0.3 is 0 Å². The fourth-order valence-electron chi connectivity index (χ4n) is 1.89. The van der Waals surface area contributed by atoms with E-state index in [0.717, 1.165) is 25.9 Å². The van der Waals surface area contributed by atoms with E-state index < -0.39 is 0 Å². The standard InChI is InChI=1S/C13H26N2O/c1-10(2)11(3)14-12(16)13(4)6-8-15(5)9-7-13/h10-11H,6-9H2,1-5H3,(H,14,16). The van der Waals surface area contributed by atoms with Gasteiger partial charge in [0, 0.05) is 11.5 Å². The molecule has 0 aromatic heterocycles. The molecule has 0 aromatic carbocycles. The molecule has 1 aliphatic heterocycles. The van der Waals surface area contributed by atoms with Crippen LogP contribution < -0.4 is 5.32 Å². The van der Waals surface area contributed by atoms with Gasteiger partial charge in [-0.1, -0.05) is 20.8 Å². The summed E-state index contributed by atoms with van der Waals surface area (Å²) < 4.78 is 0. The normalized spacial score (nSPS) is 23.1. The van der Waals surface area contributed by atoms with Gasteiger partial charge in [0.2, 0.25) is 5.91 Å². The molecule has 0 bridgehead atoms. The van der Waals surface area contributed by atoms with E-state index in [0.29, 0.717) is 5.92 Å². The lowest BCUT2D eigenvalue weighted by Gasteiger charge is -2.37. The van der Waals surface area contributed by atoms with Gasteiger partial charge in [0.05, 0.1) is 0 Å². The highest BCUT2D eigenvalue weighted by atomic mass is 16.2. The van der Waals surface area contributed by atoms with E-state index in [1.165, 1.54) is 0 Å². The number of rotatable bonds is 3. The van der Waals surface area contributed by atoms with E-state index in [1.807, 2.05) is 0 Å². The topological polar surface area (TPSA) is 32.3 Å². The minimum atomic E-state index is -0.157. The average Bonchev–Trinajstić information content (AvgIpc) is 2.22. The van der Waals surface area contributed by atoms with Crippen LogP contribution in [0.4, 0.5) is 0 Å². The van der Waals surface area contributed by atoms with Crippen LogP contribution in [0.3, 0.4) is 0 Å². The predicted molar refractivity (Wildman–Crippen MR) is 67.3 cm³/mol. The summed E-state index contributed by atoms with van der Waals surface area (Å²) >= 11 is 0. The molecule has 0 spiro atoms. The predicted octanol–water partition coefficient (Wildman–Crippen LogP) is 1.88. The Morgan fingerprint density at radius 1 is 1.25 bits per heavy atom. The first kappa shape index (κ1) is 13.5. The molecule has 1 fully saturated rings. The monoisotopic (exact) mass is 226 g/mol. The van der Waals surface area contributed by atoms with E-state index in [1.54, 1.807) is 0 Å². The summed E-state index contributed by atoms with van der Waals surface area (Å²) in [6, 6.07) is 0.268.